The number of urea groups is 1. The minimum absolute atomic E-state index is 0.00631. The Morgan fingerprint density at radius 3 is 2.39 bits per heavy atom. The van der Waals surface area contributed by atoms with Gasteiger partial charge in [-0.25, -0.2) is 14.4 Å². The number of allylic oxidation sites excluding steroid dienone is 2. The van der Waals surface area contributed by atoms with Crippen LogP contribution in [0.15, 0.2) is 72.8 Å². The summed E-state index contributed by atoms with van der Waals surface area (Å²) in [5, 5.41) is 6.80. The number of aryl methyl sites for hydroxylation is 1. The lowest BCUT2D eigenvalue weighted by molar-refractivity contribution is -0.119. The Morgan fingerprint density at radius 1 is 1.02 bits per heavy atom. The van der Waals surface area contributed by atoms with Crippen LogP contribution >= 0.6 is 0 Å². The smallest absolute Gasteiger partial charge is 0.325 e. The molecule has 2 N–H and O–H groups in total. The molecule has 1 aliphatic carbocycles. The number of benzene rings is 3. The highest BCUT2D eigenvalue weighted by Gasteiger charge is 2.30. The van der Waals surface area contributed by atoms with E-state index in [2.05, 4.69) is 31.7 Å². The Labute approximate surface area is 259 Å². The van der Waals surface area contributed by atoms with Crippen LogP contribution in [0.25, 0.3) is 22.0 Å². The third-order valence-electron chi connectivity index (χ3n) is 8.74. The summed E-state index contributed by atoms with van der Waals surface area (Å²) in [6.45, 7) is 12.3. The van der Waals surface area contributed by atoms with E-state index < -0.39 is 6.03 Å². The quantitative estimate of drug-likeness (QED) is 0.275. The summed E-state index contributed by atoms with van der Waals surface area (Å²) in [6, 6.07) is 21.4. The zero-order valence-corrected chi connectivity index (χ0v) is 26.0. The molecule has 1 fully saturated rings. The van der Waals surface area contributed by atoms with Crippen molar-refractivity contribution >= 4 is 39.7 Å². The van der Waals surface area contributed by atoms with Crippen LogP contribution < -0.4 is 10.6 Å². The van der Waals surface area contributed by atoms with Crippen molar-refractivity contribution in [2.45, 2.75) is 46.0 Å². The Kier molecular flexibility index (Phi) is 8.14. The minimum Gasteiger partial charge on any atom is -0.379 e. The number of nitrogens with two attached hydrogens (primary N) is 1. The molecule has 44 heavy (non-hydrogen) atoms. The van der Waals surface area contributed by atoms with Gasteiger partial charge in [-0.3, -0.25) is 9.69 Å². The largest absolute Gasteiger partial charge is 0.379 e. The molecule has 1 saturated heterocycles. The third kappa shape index (κ3) is 5.92. The van der Waals surface area contributed by atoms with Crippen LogP contribution in [0, 0.1) is 12.8 Å². The Balaban J connectivity index is 1.41. The van der Waals surface area contributed by atoms with Gasteiger partial charge in [0.2, 0.25) is 0 Å². The Hall–Kier alpha value is -4.27. The van der Waals surface area contributed by atoms with E-state index in [0.717, 1.165) is 84.5 Å². The van der Waals surface area contributed by atoms with Crippen LogP contribution in [0.2, 0.25) is 0 Å². The standard InChI is InChI=1S/C36H41N5O3/c1-24-9-13-27(14-10-24)41-34(22-33(38-41)36(2,3)4)40(35(37)43)31-16-15-28(29-7-5-6-8-30(29)31)25-11-12-26(32(42)21-25)23-39-17-19-44-20-18-39/h5-10,13-16,21-22,26H,11-12,17-20,23H2,1-4H3,(H2,37,43). The zero-order chi connectivity index (χ0) is 31.0. The summed E-state index contributed by atoms with van der Waals surface area (Å²) < 4.78 is 7.27. The molecule has 8 nitrogen and oxygen atoms in total. The van der Waals surface area contributed by atoms with Gasteiger partial charge in [-0.05, 0) is 60.6 Å². The van der Waals surface area contributed by atoms with E-state index in [1.807, 2.05) is 73.7 Å². The van der Waals surface area contributed by atoms with Gasteiger partial charge in [-0.2, -0.15) is 5.10 Å². The van der Waals surface area contributed by atoms with E-state index in [-0.39, 0.29) is 17.1 Å². The highest BCUT2D eigenvalue weighted by molar-refractivity contribution is 6.11. The fraction of sp³-hybridized carbons (Fsp3) is 0.361. The molecule has 1 unspecified atom stereocenters. The van der Waals surface area contributed by atoms with Crippen LogP contribution in [0.1, 0.15) is 50.4 Å². The molecule has 0 bridgehead atoms. The lowest BCUT2D eigenvalue weighted by Gasteiger charge is -2.31. The molecule has 228 valence electrons. The number of hydrogen-bond acceptors (Lipinski definition) is 5. The zero-order valence-electron chi connectivity index (χ0n) is 26.0. The molecule has 2 amide bonds. The van der Waals surface area contributed by atoms with Gasteiger partial charge in [0.15, 0.2) is 5.78 Å². The van der Waals surface area contributed by atoms with Crippen LogP contribution in [-0.2, 0) is 14.9 Å². The van der Waals surface area contributed by atoms with Crippen LogP contribution in [0.5, 0.6) is 0 Å². The summed E-state index contributed by atoms with van der Waals surface area (Å²) in [6.07, 6.45) is 3.47. The summed E-state index contributed by atoms with van der Waals surface area (Å²) in [5.41, 5.74) is 11.4. The van der Waals surface area contributed by atoms with E-state index in [1.165, 1.54) is 0 Å². The number of primary amides is 1. The lowest BCUT2D eigenvalue weighted by atomic mass is 9.83. The number of ether oxygens (including phenoxy) is 1. The predicted octanol–water partition coefficient (Wildman–Crippen LogP) is 6.54. The third-order valence-corrected chi connectivity index (χ3v) is 8.74. The first-order valence-corrected chi connectivity index (χ1v) is 15.4. The van der Waals surface area contributed by atoms with E-state index in [4.69, 9.17) is 15.6 Å². The maximum Gasteiger partial charge on any atom is 0.325 e. The number of fused-ring (bicyclic) bond motifs is 1. The molecule has 0 spiro atoms. The second-order valence-electron chi connectivity index (χ2n) is 13.0. The SMILES string of the molecule is Cc1ccc(-n2nc(C(C)(C)C)cc2N(C(N)=O)c2ccc(C3=CC(=O)C(CN4CCOCC4)CC3)c3ccccc23)cc1. The Bertz CT molecular complexity index is 1730. The Morgan fingerprint density at radius 2 is 1.73 bits per heavy atom. The first kappa shape index (κ1) is 29.8. The maximum absolute atomic E-state index is 13.3. The van der Waals surface area contributed by atoms with Crippen molar-refractivity contribution in [1.29, 1.82) is 0 Å². The normalized spacial score (nSPS) is 18.0. The highest BCUT2D eigenvalue weighted by Crippen LogP contribution is 2.40. The van der Waals surface area contributed by atoms with Gasteiger partial charge in [0.05, 0.1) is 30.3 Å². The first-order chi connectivity index (χ1) is 21.1. The number of anilines is 2. The van der Waals surface area contributed by atoms with Gasteiger partial charge in [-0.1, -0.05) is 68.8 Å². The van der Waals surface area contributed by atoms with Crippen molar-refractivity contribution in [3.63, 3.8) is 0 Å². The van der Waals surface area contributed by atoms with Crippen molar-refractivity contribution in [1.82, 2.24) is 14.7 Å². The van der Waals surface area contributed by atoms with Gasteiger partial charge >= 0.3 is 6.03 Å². The first-order valence-electron chi connectivity index (χ1n) is 15.4. The second-order valence-corrected chi connectivity index (χ2v) is 13.0. The number of carbonyl (C=O) groups excluding carboxylic acids is 2. The summed E-state index contributed by atoms with van der Waals surface area (Å²) in [5.74, 6) is 0.760. The topological polar surface area (TPSA) is 93.7 Å². The number of amides is 2. The van der Waals surface area contributed by atoms with Crippen molar-refractivity contribution < 1.29 is 14.3 Å². The molecule has 1 aromatic heterocycles. The van der Waals surface area contributed by atoms with Crippen LogP contribution in [0.3, 0.4) is 0 Å². The minimum atomic E-state index is -0.602. The predicted molar refractivity (Wildman–Crippen MR) is 176 cm³/mol. The number of hydrogen-bond donors (Lipinski definition) is 1. The monoisotopic (exact) mass is 591 g/mol. The van der Waals surface area contributed by atoms with E-state index in [1.54, 1.807) is 9.58 Å². The number of rotatable bonds is 6. The molecular weight excluding hydrogens is 550 g/mol. The summed E-state index contributed by atoms with van der Waals surface area (Å²) in [7, 11) is 0. The van der Waals surface area contributed by atoms with Gasteiger partial charge in [0.25, 0.3) is 0 Å². The molecule has 3 aromatic carbocycles. The molecule has 1 atom stereocenters. The van der Waals surface area contributed by atoms with Crippen LogP contribution in [-0.4, -0.2) is 59.3 Å². The molecule has 2 heterocycles. The van der Waals surface area contributed by atoms with Gasteiger partial charge in [0.1, 0.15) is 5.82 Å². The molecule has 0 saturated carbocycles. The highest BCUT2D eigenvalue weighted by atomic mass is 16.5. The summed E-state index contributed by atoms with van der Waals surface area (Å²) >= 11 is 0. The van der Waals surface area contributed by atoms with E-state index in [0.29, 0.717) is 11.5 Å². The maximum atomic E-state index is 13.3. The number of morpholine rings is 1. The van der Waals surface area contributed by atoms with Crippen LogP contribution in [0.4, 0.5) is 16.3 Å². The molecule has 6 rings (SSSR count). The molecule has 0 radical (unpaired) electrons. The number of ketones is 1. The van der Waals surface area contributed by atoms with Gasteiger partial charge < -0.3 is 10.5 Å². The van der Waals surface area contributed by atoms with Gasteiger partial charge in [0, 0.05) is 42.4 Å². The molecule has 2 aliphatic rings. The fourth-order valence-corrected chi connectivity index (χ4v) is 6.21. The molecular formula is C36H41N5O3. The molecule has 1 aliphatic heterocycles. The van der Waals surface area contributed by atoms with Crippen molar-refractivity contribution in [2.75, 3.05) is 37.7 Å². The van der Waals surface area contributed by atoms with Crippen molar-refractivity contribution in [3.05, 3.63) is 89.6 Å². The number of carbonyl (C=O) groups is 2. The van der Waals surface area contributed by atoms with Crippen molar-refractivity contribution in [2.24, 2.45) is 11.7 Å². The summed E-state index contributed by atoms with van der Waals surface area (Å²) in [4.78, 5) is 30.5. The van der Waals surface area contributed by atoms with E-state index in [9.17, 15) is 9.59 Å². The second kappa shape index (κ2) is 12.0. The fourth-order valence-electron chi connectivity index (χ4n) is 6.21. The lowest BCUT2D eigenvalue weighted by Crippen LogP contribution is -2.41. The number of aromatic nitrogens is 2. The molecule has 4 aromatic rings. The average Bonchev–Trinajstić information content (AvgIpc) is 3.45. The average molecular weight is 592 g/mol. The number of nitrogens with zero attached hydrogens (tertiary/aromatic N) is 4. The van der Waals surface area contributed by atoms with E-state index >= 15 is 0 Å². The van der Waals surface area contributed by atoms with Crippen molar-refractivity contribution in [3.8, 4) is 5.69 Å². The van der Waals surface area contributed by atoms with Gasteiger partial charge in [-0.15, -0.1) is 0 Å². The molecule has 8 heteroatoms.